The van der Waals surface area contributed by atoms with Gasteiger partial charge in [0.1, 0.15) is 5.75 Å². The molecule has 128 valence electrons. The van der Waals surface area contributed by atoms with E-state index in [1.165, 1.54) is 4.90 Å². The summed E-state index contributed by atoms with van der Waals surface area (Å²) >= 11 is 6.11. The van der Waals surface area contributed by atoms with Crippen LogP contribution in [0.15, 0.2) is 30.3 Å². The monoisotopic (exact) mass is 348 g/mol. The molecule has 0 saturated heterocycles. The van der Waals surface area contributed by atoms with Gasteiger partial charge in [0.2, 0.25) is 5.88 Å². The summed E-state index contributed by atoms with van der Waals surface area (Å²) in [6, 6.07) is 8.60. The molecule has 0 aliphatic carbocycles. The molecule has 2 rings (SSSR count). The second-order valence-electron chi connectivity index (χ2n) is 6.59. The molecule has 0 aliphatic heterocycles. The molecule has 2 amide bonds. The first-order chi connectivity index (χ1) is 11.2. The third-order valence-corrected chi connectivity index (χ3v) is 3.55. The molecule has 1 aromatic heterocycles. The number of aromatic nitrogens is 2. The van der Waals surface area contributed by atoms with Crippen molar-refractivity contribution in [1.82, 2.24) is 15.1 Å². The summed E-state index contributed by atoms with van der Waals surface area (Å²) in [7, 11) is 3.36. The molecule has 6 nitrogen and oxygen atoms in total. The first-order valence-corrected chi connectivity index (χ1v) is 7.84. The van der Waals surface area contributed by atoms with E-state index < -0.39 is 0 Å². The molecule has 0 saturated carbocycles. The van der Waals surface area contributed by atoms with Crippen molar-refractivity contribution in [3.05, 3.63) is 41.0 Å². The number of rotatable bonds is 3. The number of nitrogens with one attached hydrogen (secondary N) is 1. The van der Waals surface area contributed by atoms with Crippen molar-refractivity contribution >= 4 is 23.3 Å². The van der Waals surface area contributed by atoms with Gasteiger partial charge in [0, 0.05) is 31.4 Å². The maximum absolute atomic E-state index is 11.6. The van der Waals surface area contributed by atoms with E-state index in [0.717, 1.165) is 5.56 Å². The molecule has 0 aliphatic rings. The maximum atomic E-state index is 11.6. The van der Waals surface area contributed by atoms with E-state index >= 15 is 0 Å². The van der Waals surface area contributed by atoms with Crippen molar-refractivity contribution in [1.29, 1.82) is 0 Å². The Morgan fingerprint density at radius 1 is 1.17 bits per heavy atom. The second kappa shape index (κ2) is 7.05. The summed E-state index contributed by atoms with van der Waals surface area (Å²) in [6.45, 7) is 6.13. The Hall–Kier alpha value is -2.34. The van der Waals surface area contributed by atoms with Crippen molar-refractivity contribution in [2.45, 2.75) is 26.2 Å². The van der Waals surface area contributed by atoms with Gasteiger partial charge >= 0.3 is 6.03 Å². The van der Waals surface area contributed by atoms with Crippen LogP contribution in [0.4, 0.5) is 10.5 Å². The fourth-order valence-electron chi connectivity index (χ4n) is 1.90. The van der Waals surface area contributed by atoms with Gasteiger partial charge in [0.25, 0.3) is 0 Å². The Labute approximate surface area is 146 Å². The molecule has 1 heterocycles. The third-order valence-electron chi connectivity index (χ3n) is 3.27. The van der Waals surface area contributed by atoms with E-state index in [1.54, 1.807) is 44.4 Å². The lowest BCUT2D eigenvalue weighted by atomic mass is 9.88. The summed E-state index contributed by atoms with van der Waals surface area (Å²) in [4.78, 5) is 13.1. The summed E-state index contributed by atoms with van der Waals surface area (Å²) in [6.07, 6.45) is 0. The Bertz CT molecular complexity index is 724. The van der Waals surface area contributed by atoms with Crippen LogP contribution in [-0.2, 0) is 5.41 Å². The lowest BCUT2D eigenvalue weighted by Crippen LogP contribution is -2.27. The first-order valence-electron chi connectivity index (χ1n) is 7.47. The number of hydrogen-bond donors (Lipinski definition) is 1. The normalized spacial score (nSPS) is 11.1. The van der Waals surface area contributed by atoms with Crippen LogP contribution in [0, 0.1) is 0 Å². The number of amides is 2. The molecule has 0 unspecified atom stereocenters. The lowest BCUT2D eigenvalue weighted by molar-refractivity contribution is 0.230. The number of hydrogen-bond acceptors (Lipinski definition) is 4. The van der Waals surface area contributed by atoms with Crippen LogP contribution in [0.2, 0.25) is 5.15 Å². The number of carbonyl (C=O) groups excluding carboxylic acids is 1. The quantitative estimate of drug-likeness (QED) is 0.897. The molecule has 2 aromatic rings. The first kappa shape index (κ1) is 18.0. The fraction of sp³-hybridized carbons (Fsp3) is 0.353. The number of urea groups is 1. The highest BCUT2D eigenvalue weighted by molar-refractivity contribution is 6.30. The molecule has 7 heteroatoms. The standard InChI is InChI=1S/C17H21ClN4O2/c1-17(2,3)13-10-14(20-21-15(13)18)24-12-8-6-11(7-9-12)19-16(23)22(4)5/h6-10H,1-5H3,(H,19,23). The van der Waals surface area contributed by atoms with E-state index in [9.17, 15) is 4.79 Å². The zero-order chi connectivity index (χ0) is 17.9. The largest absolute Gasteiger partial charge is 0.438 e. The van der Waals surface area contributed by atoms with Gasteiger partial charge < -0.3 is 15.0 Å². The van der Waals surface area contributed by atoms with Crippen molar-refractivity contribution in [3.8, 4) is 11.6 Å². The van der Waals surface area contributed by atoms with Gasteiger partial charge in [-0.05, 0) is 29.7 Å². The zero-order valence-corrected chi connectivity index (χ0v) is 15.2. The minimum absolute atomic E-state index is 0.161. The van der Waals surface area contributed by atoms with Crippen molar-refractivity contribution in [2.75, 3.05) is 19.4 Å². The van der Waals surface area contributed by atoms with Crippen LogP contribution < -0.4 is 10.1 Å². The van der Waals surface area contributed by atoms with Gasteiger partial charge in [-0.2, -0.15) is 0 Å². The number of benzene rings is 1. The van der Waals surface area contributed by atoms with E-state index in [4.69, 9.17) is 16.3 Å². The van der Waals surface area contributed by atoms with Crippen LogP contribution in [0.5, 0.6) is 11.6 Å². The molecule has 0 bridgehead atoms. The van der Waals surface area contributed by atoms with Crippen molar-refractivity contribution < 1.29 is 9.53 Å². The zero-order valence-electron chi connectivity index (χ0n) is 14.4. The van der Waals surface area contributed by atoms with Crippen molar-refractivity contribution in [3.63, 3.8) is 0 Å². The number of halogens is 1. The summed E-state index contributed by atoms with van der Waals surface area (Å²) in [5.41, 5.74) is 1.38. The Balaban J connectivity index is 2.13. The van der Waals surface area contributed by atoms with Gasteiger partial charge in [-0.3, -0.25) is 0 Å². The third kappa shape index (κ3) is 4.58. The average Bonchev–Trinajstić information content (AvgIpc) is 2.50. The Morgan fingerprint density at radius 2 is 1.79 bits per heavy atom. The van der Waals surface area contributed by atoms with Gasteiger partial charge in [0.15, 0.2) is 5.15 Å². The van der Waals surface area contributed by atoms with E-state index in [1.807, 2.05) is 20.8 Å². The van der Waals surface area contributed by atoms with Crippen molar-refractivity contribution in [2.24, 2.45) is 0 Å². The van der Waals surface area contributed by atoms with E-state index in [0.29, 0.717) is 22.5 Å². The number of ether oxygens (including phenoxy) is 1. The summed E-state index contributed by atoms with van der Waals surface area (Å²) < 4.78 is 5.72. The van der Waals surface area contributed by atoms with Crippen LogP contribution in [0.25, 0.3) is 0 Å². The number of nitrogens with zero attached hydrogens (tertiary/aromatic N) is 3. The molecule has 0 fully saturated rings. The highest BCUT2D eigenvalue weighted by Crippen LogP contribution is 2.31. The fourth-order valence-corrected chi connectivity index (χ4v) is 2.27. The van der Waals surface area contributed by atoms with Crippen LogP contribution in [0.3, 0.4) is 0 Å². The predicted molar refractivity (Wildman–Crippen MR) is 95.0 cm³/mol. The van der Waals surface area contributed by atoms with Gasteiger partial charge in [-0.25, -0.2) is 4.79 Å². The van der Waals surface area contributed by atoms with Gasteiger partial charge in [0.05, 0.1) is 0 Å². The minimum Gasteiger partial charge on any atom is -0.438 e. The molecule has 0 radical (unpaired) electrons. The Kier molecular flexibility index (Phi) is 5.29. The average molecular weight is 349 g/mol. The summed E-state index contributed by atoms with van der Waals surface area (Å²) in [5.74, 6) is 0.962. The predicted octanol–water partition coefficient (Wildman–Crippen LogP) is 4.31. The van der Waals surface area contributed by atoms with Gasteiger partial charge in [-0.15, -0.1) is 10.2 Å². The molecule has 1 N–H and O–H groups in total. The number of carbonyl (C=O) groups is 1. The highest BCUT2D eigenvalue weighted by Gasteiger charge is 2.20. The second-order valence-corrected chi connectivity index (χ2v) is 6.95. The maximum Gasteiger partial charge on any atom is 0.321 e. The molecule has 1 aromatic carbocycles. The van der Waals surface area contributed by atoms with Crippen LogP contribution >= 0.6 is 11.6 Å². The van der Waals surface area contributed by atoms with E-state index in [-0.39, 0.29) is 11.4 Å². The van der Waals surface area contributed by atoms with Crippen LogP contribution in [-0.4, -0.2) is 35.2 Å². The Morgan fingerprint density at radius 3 is 2.33 bits per heavy atom. The smallest absolute Gasteiger partial charge is 0.321 e. The van der Waals surface area contributed by atoms with E-state index in [2.05, 4.69) is 15.5 Å². The van der Waals surface area contributed by atoms with Gasteiger partial charge in [-0.1, -0.05) is 32.4 Å². The minimum atomic E-state index is -0.193. The molecular weight excluding hydrogens is 328 g/mol. The molecule has 24 heavy (non-hydrogen) atoms. The molecular formula is C17H21ClN4O2. The van der Waals surface area contributed by atoms with Crippen LogP contribution in [0.1, 0.15) is 26.3 Å². The topological polar surface area (TPSA) is 67.4 Å². The molecule has 0 spiro atoms. The highest BCUT2D eigenvalue weighted by atomic mass is 35.5. The SMILES string of the molecule is CN(C)C(=O)Nc1ccc(Oc2cc(C(C)(C)C)c(Cl)nn2)cc1. The molecule has 0 atom stereocenters. The summed E-state index contributed by atoms with van der Waals surface area (Å²) in [5, 5.41) is 11.0. The lowest BCUT2D eigenvalue weighted by Gasteiger charge is -2.20. The number of anilines is 1.